The number of carbonyl (C=O) groups excluding carboxylic acids is 1. The van der Waals surface area contributed by atoms with Gasteiger partial charge in [-0.2, -0.15) is 0 Å². The van der Waals surface area contributed by atoms with E-state index in [1.807, 2.05) is 4.63 Å². The quantitative estimate of drug-likeness (QED) is 0.406. The van der Waals surface area contributed by atoms with Crippen LogP contribution in [-0.4, -0.2) is 21.7 Å². The van der Waals surface area contributed by atoms with Gasteiger partial charge < -0.3 is 0 Å². The zero-order chi connectivity index (χ0) is 3.70. The van der Waals surface area contributed by atoms with Gasteiger partial charge in [0.25, 0.3) is 0 Å². The number of carbonyl (C=O) groups is 1. The molecule has 0 N–H and O–H groups in total. The van der Waals surface area contributed by atoms with Crippen LogP contribution in [-0.2, 0) is 4.79 Å². The second-order valence-corrected chi connectivity index (χ2v) is 3.63. The Bertz CT molecular complexity index is 84.9. The van der Waals surface area contributed by atoms with Gasteiger partial charge in [-0.05, 0) is 0 Å². The molecular formula is C3H2GaO. The molecule has 0 fully saturated rings. The van der Waals surface area contributed by atoms with Crippen LogP contribution in [0.1, 0.15) is 0 Å². The van der Waals surface area contributed by atoms with Crippen LogP contribution in [0.2, 0.25) is 0 Å². The Morgan fingerprint density at radius 1 is 1.80 bits per heavy atom. The van der Waals surface area contributed by atoms with Crippen molar-refractivity contribution in [3.8, 4) is 0 Å². The van der Waals surface area contributed by atoms with Crippen LogP contribution in [0.4, 0.5) is 0 Å². The molecule has 0 unspecified atom stereocenters. The molecule has 0 saturated heterocycles. The molecule has 0 amide bonds. The van der Waals surface area contributed by atoms with Gasteiger partial charge in [-0.25, -0.2) is 0 Å². The van der Waals surface area contributed by atoms with Gasteiger partial charge in [-0.15, -0.1) is 0 Å². The van der Waals surface area contributed by atoms with E-state index in [0.29, 0.717) is 4.34 Å². The Kier molecular flexibility index (Phi) is 0.667. The van der Waals surface area contributed by atoms with Gasteiger partial charge in [-0.1, -0.05) is 0 Å². The van der Waals surface area contributed by atoms with E-state index in [1.165, 1.54) is 0 Å². The summed E-state index contributed by atoms with van der Waals surface area (Å²) in [4.78, 5) is 9.88. The molecule has 5 heavy (non-hydrogen) atoms. The minimum absolute atomic E-state index is 0.410. The van der Waals surface area contributed by atoms with E-state index in [0.717, 1.165) is 0 Å². The summed E-state index contributed by atoms with van der Waals surface area (Å²) in [7, 11) is 0. The molecule has 0 aromatic heterocycles. The van der Waals surface area contributed by atoms with E-state index >= 15 is 0 Å². The summed E-state index contributed by atoms with van der Waals surface area (Å²) in [6, 6.07) is 0. The SMILES string of the molecule is O=[C]1C=[CH][Ga]1. The van der Waals surface area contributed by atoms with Gasteiger partial charge in [0.1, 0.15) is 0 Å². The molecule has 0 aliphatic carbocycles. The Hall–Kier alpha value is 0.0464. The maximum atomic E-state index is 9.88. The zero-order valence-electron chi connectivity index (χ0n) is 2.64. The van der Waals surface area contributed by atoms with Crippen molar-refractivity contribution in [2.45, 2.75) is 0 Å². The number of hydrogen-bond donors (Lipinski definition) is 0. The number of hydrogen-bond acceptors (Lipinski definition) is 1. The Labute approximate surface area is 37.8 Å². The summed E-state index contributed by atoms with van der Waals surface area (Å²) < 4.78 is 2.42. The monoisotopic (exact) mass is 123 g/mol. The fraction of sp³-hybridized carbons (Fsp3) is 0. The van der Waals surface area contributed by atoms with Crippen LogP contribution >= 0.6 is 0 Å². The third-order valence-corrected chi connectivity index (χ3v) is 2.42. The summed E-state index contributed by atoms with van der Waals surface area (Å²) in [5, 5.41) is 0. The molecule has 1 heterocycles. The van der Waals surface area contributed by atoms with Crippen molar-refractivity contribution in [1.82, 2.24) is 0 Å². The van der Waals surface area contributed by atoms with Gasteiger partial charge in [0.15, 0.2) is 0 Å². The molecule has 1 aliphatic rings. The first-order chi connectivity index (χ1) is 2.39. The fourth-order valence-corrected chi connectivity index (χ4v) is 0.908. The minimum atomic E-state index is -0.410. The van der Waals surface area contributed by atoms with Crippen LogP contribution in [0.5, 0.6) is 0 Å². The molecule has 2 heteroatoms. The first-order valence-corrected chi connectivity index (χ1v) is 4.06. The van der Waals surface area contributed by atoms with Gasteiger partial charge in [0, 0.05) is 0 Å². The molecule has 1 radical (unpaired) electrons. The maximum absolute atomic E-state index is 9.88. The third-order valence-electron chi connectivity index (χ3n) is 0.521. The van der Waals surface area contributed by atoms with Crippen molar-refractivity contribution in [1.29, 1.82) is 0 Å². The van der Waals surface area contributed by atoms with Crippen LogP contribution in [0.15, 0.2) is 10.7 Å². The molecular weight excluding hydrogens is 122 g/mol. The standard InChI is InChI=1S/C3H2O.Ga/c1-2-3-4;/h1-2H;. The molecule has 1 nitrogen and oxygen atoms in total. The van der Waals surface area contributed by atoms with Crippen LogP contribution < -0.4 is 0 Å². The van der Waals surface area contributed by atoms with Crippen molar-refractivity contribution in [3.63, 3.8) is 0 Å². The second-order valence-electron chi connectivity index (χ2n) is 0.928. The van der Waals surface area contributed by atoms with E-state index in [2.05, 4.69) is 0 Å². The molecule has 0 saturated carbocycles. The van der Waals surface area contributed by atoms with Crippen molar-refractivity contribution in [2.75, 3.05) is 0 Å². The molecule has 0 atom stereocenters. The molecule has 0 bridgehead atoms. The predicted molar refractivity (Wildman–Crippen MR) is 19.9 cm³/mol. The van der Waals surface area contributed by atoms with E-state index in [4.69, 9.17) is 0 Å². The first-order valence-electron chi connectivity index (χ1n) is 1.45. The van der Waals surface area contributed by atoms with Gasteiger partial charge >= 0.3 is 37.2 Å². The Morgan fingerprint density at radius 3 is 2.20 bits per heavy atom. The fourth-order valence-electron chi connectivity index (χ4n) is 0.175. The number of allylic oxidation sites excluding steroid dienone is 1. The van der Waals surface area contributed by atoms with Crippen LogP contribution in [0.25, 0.3) is 0 Å². The summed E-state index contributed by atoms with van der Waals surface area (Å²) >= 11 is -0.410. The van der Waals surface area contributed by atoms with Gasteiger partial charge in [0.05, 0.1) is 0 Å². The predicted octanol–water partition coefficient (Wildman–Crippen LogP) is -0.256. The zero-order valence-corrected chi connectivity index (χ0v) is 5.06. The van der Waals surface area contributed by atoms with E-state index < -0.39 is 17.4 Å². The summed E-state index contributed by atoms with van der Waals surface area (Å²) in [5.41, 5.74) is 0. The molecule has 0 spiro atoms. The molecule has 0 aromatic carbocycles. The number of rotatable bonds is 0. The topological polar surface area (TPSA) is 17.1 Å². The molecule has 1 aliphatic heterocycles. The molecule has 0 aromatic rings. The normalized spacial score (nSPS) is 17.2. The van der Waals surface area contributed by atoms with Crippen molar-refractivity contribution < 1.29 is 4.79 Å². The summed E-state index contributed by atoms with van der Waals surface area (Å²) in [5.74, 6) is 0. The molecule has 1 rings (SSSR count). The first kappa shape index (κ1) is 3.24. The van der Waals surface area contributed by atoms with Crippen LogP contribution in [0, 0.1) is 0 Å². The summed E-state index contributed by atoms with van der Waals surface area (Å²) in [6.07, 6.45) is 1.65. The van der Waals surface area contributed by atoms with Crippen LogP contribution in [0.3, 0.4) is 0 Å². The second kappa shape index (κ2) is 1.03. The summed E-state index contributed by atoms with van der Waals surface area (Å²) in [6.45, 7) is 0. The Balaban J connectivity index is 2.71. The Morgan fingerprint density at radius 2 is 2.20 bits per heavy atom. The van der Waals surface area contributed by atoms with Gasteiger partial charge in [-0.3, -0.25) is 0 Å². The van der Waals surface area contributed by atoms with Crippen molar-refractivity contribution >= 4 is 21.7 Å². The van der Waals surface area contributed by atoms with Crippen molar-refractivity contribution in [2.24, 2.45) is 0 Å². The van der Waals surface area contributed by atoms with Gasteiger partial charge in [0.2, 0.25) is 0 Å². The van der Waals surface area contributed by atoms with E-state index in [-0.39, 0.29) is 0 Å². The third kappa shape index (κ3) is 0.463. The van der Waals surface area contributed by atoms with E-state index in [1.54, 1.807) is 6.08 Å². The average Bonchev–Trinajstić information content (AvgIpc) is 1.30. The molecule has 23 valence electrons. The average molecular weight is 124 g/mol. The van der Waals surface area contributed by atoms with Crippen molar-refractivity contribution in [3.05, 3.63) is 10.7 Å². The van der Waals surface area contributed by atoms with E-state index in [9.17, 15) is 4.79 Å².